The molecular weight excluding hydrogens is 415 g/mol. The van der Waals surface area contributed by atoms with Crippen LogP contribution in [0.1, 0.15) is 10.4 Å². The van der Waals surface area contributed by atoms with E-state index >= 15 is 0 Å². The number of hydrogen-bond donors (Lipinski definition) is 1. The van der Waals surface area contributed by atoms with Crippen molar-refractivity contribution >= 4 is 64.0 Å². The van der Waals surface area contributed by atoms with Crippen LogP contribution in [0.15, 0.2) is 53.2 Å². The molecule has 0 aromatic heterocycles. The number of methoxy groups -OCH3 is 1. The molecule has 0 aliphatic carbocycles. The first-order chi connectivity index (χ1) is 12.8. The van der Waals surface area contributed by atoms with Gasteiger partial charge in [-0.05, 0) is 30.3 Å². The molecule has 138 valence electrons. The summed E-state index contributed by atoms with van der Waals surface area (Å²) in [7, 11) is 1.20. The Hall–Kier alpha value is -2.54. The molecule has 1 N–H and O–H groups in total. The molecule has 2 aromatic rings. The number of amides is 2. The summed E-state index contributed by atoms with van der Waals surface area (Å²) < 4.78 is 4.70. The standard InChI is InChI=1S/C18H11Cl3N2O4/c1-27-18(26)12-4-2-3-5-13(12)23-16(24)14(21)15(17(23)25)22-11-7-9(19)6-10(20)8-11/h2-8,22H,1H3. The quantitative estimate of drug-likeness (QED) is 0.586. The van der Waals surface area contributed by atoms with Crippen LogP contribution in [0.25, 0.3) is 0 Å². The first kappa shape index (κ1) is 19.2. The van der Waals surface area contributed by atoms with E-state index in [9.17, 15) is 14.4 Å². The summed E-state index contributed by atoms with van der Waals surface area (Å²) in [6.07, 6.45) is 0. The summed E-state index contributed by atoms with van der Waals surface area (Å²) in [6, 6.07) is 10.6. The zero-order valence-corrected chi connectivity index (χ0v) is 16.0. The van der Waals surface area contributed by atoms with E-state index in [4.69, 9.17) is 39.5 Å². The molecule has 9 heteroatoms. The summed E-state index contributed by atoms with van der Waals surface area (Å²) in [6.45, 7) is 0. The fourth-order valence-electron chi connectivity index (χ4n) is 2.55. The maximum atomic E-state index is 12.8. The second-order valence-electron chi connectivity index (χ2n) is 5.43. The average Bonchev–Trinajstić information content (AvgIpc) is 2.84. The van der Waals surface area contributed by atoms with Crippen LogP contribution >= 0.6 is 34.8 Å². The monoisotopic (exact) mass is 424 g/mol. The highest BCUT2D eigenvalue weighted by Gasteiger charge is 2.40. The molecule has 1 aliphatic heterocycles. The Labute approximate surface area is 169 Å². The fourth-order valence-corrected chi connectivity index (χ4v) is 3.29. The summed E-state index contributed by atoms with van der Waals surface area (Å²) in [5, 5.41) is 3.12. The van der Waals surface area contributed by atoms with E-state index in [2.05, 4.69) is 5.32 Å². The lowest BCUT2D eigenvalue weighted by molar-refractivity contribution is -0.120. The second kappa shape index (κ2) is 7.60. The number of hydrogen-bond acceptors (Lipinski definition) is 5. The molecule has 2 amide bonds. The highest BCUT2D eigenvalue weighted by molar-refractivity contribution is 6.53. The Kier molecular flexibility index (Phi) is 5.41. The third kappa shape index (κ3) is 3.64. The van der Waals surface area contributed by atoms with Gasteiger partial charge in [-0.25, -0.2) is 9.69 Å². The van der Waals surface area contributed by atoms with E-state index in [1.54, 1.807) is 12.1 Å². The predicted molar refractivity (Wildman–Crippen MR) is 103 cm³/mol. The Morgan fingerprint density at radius 2 is 1.63 bits per heavy atom. The van der Waals surface area contributed by atoms with Gasteiger partial charge in [-0.1, -0.05) is 46.9 Å². The minimum atomic E-state index is -0.770. The first-order valence-electron chi connectivity index (χ1n) is 7.52. The molecule has 0 atom stereocenters. The molecule has 3 rings (SSSR count). The van der Waals surface area contributed by atoms with Gasteiger partial charge in [0.25, 0.3) is 11.8 Å². The number of anilines is 2. The van der Waals surface area contributed by atoms with Gasteiger partial charge in [0.15, 0.2) is 0 Å². The van der Waals surface area contributed by atoms with Crippen molar-refractivity contribution in [3.63, 3.8) is 0 Å². The van der Waals surface area contributed by atoms with Crippen LogP contribution in [0.5, 0.6) is 0 Å². The number of imide groups is 1. The molecule has 0 radical (unpaired) electrons. The van der Waals surface area contributed by atoms with Crippen molar-refractivity contribution in [2.45, 2.75) is 0 Å². The molecule has 0 fully saturated rings. The van der Waals surface area contributed by atoms with Gasteiger partial charge in [-0.15, -0.1) is 0 Å². The number of carbonyl (C=O) groups is 3. The van der Waals surface area contributed by atoms with Crippen molar-refractivity contribution in [2.24, 2.45) is 0 Å². The van der Waals surface area contributed by atoms with Crippen LogP contribution in [-0.4, -0.2) is 24.9 Å². The van der Waals surface area contributed by atoms with E-state index in [0.29, 0.717) is 15.7 Å². The molecule has 6 nitrogen and oxygen atoms in total. The van der Waals surface area contributed by atoms with Crippen LogP contribution in [0, 0.1) is 0 Å². The number of ether oxygens (including phenoxy) is 1. The van der Waals surface area contributed by atoms with Gasteiger partial charge in [0.05, 0.1) is 18.4 Å². The van der Waals surface area contributed by atoms with Crippen molar-refractivity contribution in [2.75, 3.05) is 17.3 Å². The number of rotatable bonds is 4. The topological polar surface area (TPSA) is 75.7 Å². The minimum absolute atomic E-state index is 0.0539. The molecule has 0 spiro atoms. The highest BCUT2D eigenvalue weighted by atomic mass is 35.5. The van der Waals surface area contributed by atoms with Crippen LogP contribution < -0.4 is 10.2 Å². The van der Waals surface area contributed by atoms with Gasteiger partial charge in [-0.3, -0.25) is 9.59 Å². The maximum Gasteiger partial charge on any atom is 0.339 e. The highest BCUT2D eigenvalue weighted by Crippen LogP contribution is 2.33. The smallest absolute Gasteiger partial charge is 0.339 e. The number of carbonyl (C=O) groups excluding carboxylic acids is 3. The fraction of sp³-hybridized carbons (Fsp3) is 0.0556. The van der Waals surface area contributed by atoms with Gasteiger partial charge in [-0.2, -0.15) is 0 Å². The number of esters is 1. The van der Waals surface area contributed by atoms with Gasteiger partial charge >= 0.3 is 5.97 Å². The number of para-hydroxylation sites is 1. The molecule has 0 unspecified atom stereocenters. The van der Waals surface area contributed by atoms with E-state index in [0.717, 1.165) is 4.90 Å². The molecule has 2 aromatic carbocycles. The predicted octanol–water partition coefficient (Wildman–Crippen LogP) is 4.22. The summed E-state index contributed by atoms with van der Waals surface area (Å²) in [5.41, 5.74) is 0.348. The third-order valence-corrected chi connectivity index (χ3v) is 4.50. The van der Waals surface area contributed by atoms with E-state index in [-0.39, 0.29) is 22.0 Å². The first-order valence-corrected chi connectivity index (χ1v) is 8.66. The number of nitrogens with zero attached hydrogens (tertiary/aromatic N) is 1. The molecule has 0 bridgehead atoms. The van der Waals surface area contributed by atoms with Crippen molar-refractivity contribution in [1.82, 2.24) is 0 Å². The van der Waals surface area contributed by atoms with Crippen molar-refractivity contribution in [3.05, 3.63) is 68.8 Å². The van der Waals surface area contributed by atoms with Gasteiger partial charge in [0, 0.05) is 15.7 Å². The Morgan fingerprint density at radius 1 is 1.00 bits per heavy atom. The Bertz CT molecular complexity index is 984. The number of halogens is 3. The number of nitrogens with one attached hydrogen (secondary N) is 1. The molecule has 27 heavy (non-hydrogen) atoms. The van der Waals surface area contributed by atoms with Crippen molar-refractivity contribution < 1.29 is 19.1 Å². The van der Waals surface area contributed by atoms with Gasteiger partial charge < -0.3 is 10.1 Å². The maximum absolute atomic E-state index is 12.8. The summed E-state index contributed by atoms with van der Waals surface area (Å²) in [5.74, 6) is -2.18. The lowest BCUT2D eigenvalue weighted by atomic mass is 10.1. The SMILES string of the molecule is COC(=O)c1ccccc1N1C(=O)C(Cl)=C(Nc2cc(Cl)cc(Cl)c2)C1=O. The average molecular weight is 426 g/mol. The molecule has 0 saturated carbocycles. The second-order valence-corrected chi connectivity index (χ2v) is 6.68. The Balaban J connectivity index is 1.99. The van der Waals surface area contributed by atoms with E-state index in [1.807, 2.05) is 0 Å². The normalized spacial score (nSPS) is 14.0. The van der Waals surface area contributed by atoms with E-state index in [1.165, 1.54) is 37.4 Å². The lowest BCUT2D eigenvalue weighted by Gasteiger charge is -2.18. The zero-order chi connectivity index (χ0) is 19.7. The van der Waals surface area contributed by atoms with Gasteiger partial charge in [0.1, 0.15) is 10.7 Å². The van der Waals surface area contributed by atoms with Crippen LogP contribution in [0.2, 0.25) is 10.0 Å². The summed E-state index contributed by atoms with van der Waals surface area (Å²) >= 11 is 18.0. The van der Waals surface area contributed by atoms with Crippen LogP contribution in [-0.2, 0) is 14.3 Å². The van der Waals surface area contributed by atoms with Crippen LogP contribution in [0.4, 0.5) is 11.4 Å². The minimum Gasteiger partial charge on any atom is -0.465 e. The third-order valence-electron chi connectivity index (χ3n) is 3.71. The molecule has 1 heterocycles. The Morgan fingerprint density at radius 3 is 2.26 bits per heavy atom. The lowest BCUT2D eigenvalue weighted by Crippen LogP contribution is -2.33. The zero-order valence-electron chi connectivity index (χ0n) is 13.8. The largest absolute Gasteiger partial charge is 0.465 e. The van der Waals surface area contributed by atoms with E-state index < -0.39 is 17.8 Å². The van der Waals surface area contributed by atoms with Crippen molar-refractivity contribution in [3.8, 4) is 0 Å². The van der Waals surface area contributed by atoms with Crippen molar-refractivity contribution in [1.29, 1.82) is 0 Å². The molecular formula is C18H11Cl3N2O4. The summed E-state index contributed by atoms with van der Waals surface area (Å²) in [4.78, 5) is 38.2. The van der Waals surface area contributed by atoms with Crippen LogP contribution in [0.3, 0.4) is 0 Å². The number of benzene rings is 2. The molecule has 1 aliphatic rings. The molecule has 0 saturated heterocycles. The van der Waals surface area contributed by atoms with Gasteiger partial charge in [0.2, 0.25) is 0 Å².